The Morgan fingerprint density at radius 2 is 2.00 bits per heavy atom. The van der Waals surface area contributed by atoms with E-state index in [1.54, 1.807) is 0 Å². The Morgan fingerprint density at radius 1 is 1.45 bits per heavy atom. The third-order valence-electron chi connectivity index (χ3n) is 1.85. The molecular weight excluding hydrogens is 158 g/mol. The van der Waals surface area contributed by atoms with Crippen molar-refractivity contribution in [3.8, 4) is 0 Å². The van der Waals surface area contributed by atoms with Crippen molar-refractivity contribution < 1.29 is 4.21 Å². The summed E-state index contributed by atoms with van der Waals surface area (Å²) in [5.41, 5.74) is 5.62. The van der Waals surface area contributed by atoms with Gasteiger partial charge in [-0.3, -0.25) is 4.21 Å². The van der Waals surface area contributed by atoms with Crippen LogP contribution in [0.4, 0.5) is 0 Å². The molecule has 0 bridgehead atoms. The van der Waals surface area contributed by atoms with Gasteiger partial charge < -0.3 is 5.73 Å². The number of hydrogen-bond donors (Lipinski definition) is 1. The van der Waals surface area contributed by atoms with Crippen molar-refractivity contribution in [3.63, 3.8) is 0 Å². The minimum absolute atomic E-state index is 0.0488. The van der Waals surface area contributed by atoms with Crippen LogP contribution in [-0.2, 0) is 10.8 Å². The lowest BCUT2D eigenvalue weighted by atomic mass is 10.3. The summed E-state index contributed by atoms with van der Waals surface area (Å²) < 4.78 is 11.4. The Kier molecular flexibility index (Phi) is 5.78. The fraction of sp³-hybridized carbons (Fsp3) is 1.00. The summed E-state index contributed by atoms with van der Waals surface area (Å²) in [5, 5.41) is 0.140. The zero-order valence-corrected chi connectivity index (χ0v) is 8.49. The number of unbranched alkanes of at least 4 members (excludes halogenated alkanes) is 1. The summed E-state index contributed by atoms with van der Waals surface area (Å²) in [6.07, 6.45) is 2.15. The van der Waals surface area contributed by atoms with Crippen LogP contribution >= 0.6 is 0 Å². The van der Waals surface area contributed by atoms with Crippen LogP contribution in [0.5, 0.6) is 0 Å². The lowest BCUT2D eigenvalue weighted by molar-refractivity contribution is 0.646. The largest absolute Gasteiger partial charge is 0.327 e. The van der Waals surface area contributed by atoms with E-state index in [9.17, 15) is 4.21 Å². The van der Waals surface area contributed by atoms with Gasteiger partial charge in [-0.25, -0.2) is 0 Å². The second kappa shape index (κ2) is 5.72. The van der Waals surface area contributed by atoms with Crippen LogP contribution in [-0.4, -0.2) is 21.3 Å². The van der Waals surface area contributed by atoms with Gasteiger partial charge in [-0.15, -0.1) is 0 Å². The van der Waals surface area contributed by atoms with Gasteiger partial charge in [-0.2, -0.15) is 0 Å². The Labute approximate surface area is 72.0 Å². The van der Waals surface area contributed by atoms with Crippen molar-refractivity contribution in [1.29, 1.82) is 0 Å². The van der Waals surface area contributed by atoms with Crippen LogP contribution < -0.4 is 5.73 Å². The molecule has 3 atom stereocenters. The highest BCUT2D eigenvalue weighted by Gasteiger charge is 2.13. The molecular formula is C8H19NOS. The molecule has 11 heavy (non-hydrogen) atoms. The maximum atomic E-state index is 11.4. The van der Waals surface area contributed by atoms with Gasteiger partial charge in [-0.1, -0.05) is 13.3 Å². The molecule has 0 fully saturated rings. The number of rotatable bonds is 5. The second-order valence-electron chi connectivity index (χ2n) is 3.00. The average molecular weight is 177 g/mol. The molecule has 68 valence electrons. The molecule has 0 aliphatic carbocycles. The first-order valence-corrected chi connectivity index (χ1v) is 5.60. The molecule has 0 spiro atoms. The van der Waals surface area contributed by atoms with E-state index >= 15 is 0 Å². The molecule has 3 heteroatoms. The normalized spacial score (nSPS) is 19.3. The van der Waals surface area contributed by atoms with Crippen molar-refractivity contribution in [2.75, 3.05) is 5.75 Å². The van der Waals surface area contributed by atoms with Crippen LogP contribution in [0.1, 0.15) is 33.6 Å². The quantitative estimate of drug-likeness (QED) is 0.687. The fourth-order valence-corrected chi connectivity index (χ4v) is 2.14. The highest BCUT2D eigenvalue weighted by Crippen LogP contribution is 2.02. The van der Waals surface area contributed by atoms with E-state index in [2.05, 4.69) is 6.92 Å². The van der Waals surface area contributed by atoms with E-state index in [0.717, 1.165) is 18.6 Å². The fourth-order valence-electron chi connectivity index (χ4n) is 0.712. The summed E-state index contributed by atoms with van der Waals surface area (Å²) >= 11 is 0. The molecule has 0 aliphatic rings. The van der Waals surface area contributed by atoms with Gasteiger partial charge in [0.25, 0.3) is 0 Å². The van der Waals surface area contributed by atoms with Gasteiger partial charge in [0.15, 0.2) is 0 Å². The molecule has 2 N–H and O–H groups in total. The minimum Gasteiger partial charge on any atom is -0.327 e. The Bertz CT molecular complexity index is 125. The number of hydrogen-bond acceptors (Lipinski definition) is 2. The molecule has 0 saturated heterocycles. The van der Waals surface area contributed by atoms with Crippen molar-refractivity contribution in [2.45, 2.75) is 44.9 Å². The van der Waals surface area contributed by atoms with Crippen LogP contribution in [0.3, 0.4) is 0 Å². The van der Waals surface area contributed by atoms with Crippen LogP contribution in [0.25, 0.3) is 0 Å². The first-order chi connectivity index (χ1) is 5.09. The zero-order chi connectivity index (χ0) is 8.85. The standard InChI is InChI=1S/C8H19NOS/c1-4-5-6-11(10)8(3)7(2)9/h7-8H,4-6,9H2,1-3H3. The van der Waals surface area contributed by atoms with E-state index in [1.807, 2.05) is 13.8 Å². The van der Waals surface area contributed by atoms with Gasteiger partial charge in [0.2, 0.25) is 0 Å². The highest BCUT2D eigenvalue weighted by atomic mass is 32.2. The maximum absolute atomic E-state index is 11.4. The second-order valence-corrected chi connectivity index (χ2v) is 4.92. The Hall–Kier alpha value is 0.110. The van der Waals surface area contributed by atoms with E-state index in [4.69, 9.17) is 5.73 Å². The zero-order valence-electron chi connectivity index (χ0n) is 7.67. The third kappa shape index (κ3) is 4.53. The van der Waals surface area contributed by atoms with Gasteiger partial charge in [0.05, 0.1) is 0 Å². The van der Waals surface area contributed by atoms with Crippen molar-refractivity contribution in [3.05, 3.63) is 0 Å². The summed E-state index contributed by atoms with van der Waals surface area (Å²) in [6, 6.07) is 0.0488. The van der Waals surface area contributed by atoms with Crippen LogP contribution in [0.15, 0.2) is 0 Å². The number of nitrogens with two attached hydrogens (primary N) is 1. The minimum atomic E-state index is -0.720. The maximum Gasteiger partial charge on any atom is 0.0468 e. The molecule has 0 radical (unpaired) electrons. The molecule has 0 rings (SSSR count). The van der Waals surface area contributed by atoms with Gasteiger partial charge >= 0.3 is 0 Å². The monoisotopic (exact) mass is 177 g/mol. The van der Waals surface area contributed by atoms with Gasteiger partial charge in [0, 0.05) is 27.8 Å². The van der Waals surface area contributed by atoms with E-state index in [0.29, 0.717) is 0 Å². The summed E-state index contributed by atoms with van der Waals surface area (Å²) in [4.78, 5) is 0. The van der Waals surface area contributed by atoms with E-state index < -0.39 is 10.8 Å². The first kappa shape index (κ1) is 11.1. The average Bonchev–Trinajstić information content (AvgIpc) is 1.98. The smallest absolute Gasteiger partial charge is 0.0468 e. The first-order valence-electron chi connectivity index (χ1n) is 4.22. The Morgan fingerprint density at radius 3 is 2.36 bits per heavy atom. The van der Waals surface area contributed by atoms with Crippen molar-refractivity contribution >= 4 is 10.8 Å². The predicted octanol–water partition coefficient (Wildman–Crippen LogP) is 1.27. The molecule has 3 unspecified atom stereocenters. The van der Waals surface area contributed by atoms with Gasteiger partial charge in [-0.05, 0) is 20.3 Å². The summed E-state index contributed by atoms with van der Waals surface area (Å²) in [7, 11) is -0.720. The van der Waals surface area contributed by atoms with E-state index in [-0.39, 0.29) is 11.3 Å². The molecule has 0 aromatic carbocycles. The highest BCUT2D eigenvalue weighted by molar-refractivity contribution is 7.85. The molecule has 0 aliphatic heterocycles. The van der Waals surface area contributed by atoms with Crippen LogP contribution in [0.2, 0.25) is 0 Å². The predicted molar refractivity (Wildman–Crippen MR) is 51.0 cm³/mol. The summed E-state index contributed by atoms with van der Waals surface area (Å²) in [6.45, 7) is 5.97. The lowest BCUT2D eigenvalue weighted by Gasteiger charge is -2.14. The Balaban J connectivity index is 3.64. The summed E-state index contributed by atoms with van der Waals surface area (Å²) in [5.74, 6) is 0.805. The molecule has 2 nitrogen and oxygen atoms in total. The molecule has 0 aromatic rings. The SMILES string of the molecule is CCCCS(=O)C(C)C(C)N. The van der Waals surface area contributed by atoms with Gasteiger partial charge in [0.1, 0.15) is 0 Å². The molecule has 0 amide bonds. The third-order valence-corrected chi connectivity index (χ3v) is 3.80. The molecule has 0 saturated carbocycles. The topological polar surface area (TPSA) is 43.1 Å². The van der Waals surface area contributed by atoms with Crippen LogP contribution in [0, 0.1) is 0 Å². The lowest BCUT2D eigenvalue weighted by Crippen LogP contribution is -2.33. The van der Waals surface area contributed by atoms with E-state index in [1.165, 1.54) is 0 Å². The van der Waals surface area contributed by atoms with Crippen molar-refractivity contribution in [2.24, 2.45) is 5.73 Å². The molecule has 0 aromatic heterocycles. The molecule has 0 heterocycles. The van der Waals surface area contributed by atoms with Crippen molar-refractivity contribution in [1.82, 2.24) is 0 Å².